The smallest absolute Gasteiger partial charge is 0.305 e. The van der Waals surface area contributed by atoms with Crippen molar-refractivity contribution in [3.05, 3.63) is 106 Å². The van der Waals surface area contributed by atoms with Crippen LogP contribution in [0.3, 0.4) is 0 Å². The van der Waals surface area contributed by atoms with Gasteiger partial charge in [-0.1, -0.05) is 53.5 Å². The Bertz CT molecular complexity index is 1420. The van der Waals surface area contributed by atoms with E-state index in [1.165, 1.54) is 0 Å². The molecule has 4 rings (SSSR count). The second-order valence-electron chi connectivity index (χ2n) is 8.52. The van der Waals surface area contributed by atoms with Crippen LogP contribution in [0.25, 0.3) is 22.3 Å². The molecule has 1 heterocycles. The van der Waals surface area contributed by atoms with E-state index in [2.05, 4.69) is 27.8 Å². The summed E-state index contributed by atoms with van der Waals surface area (Å²) in [7, 11) is 0. The van der Waals surface area contributed by atoms with Crippen LogP contribution in [0.5, 0.6) is 0 Å². The molecular formula is C29H25Cl2N3O3. The van der Waals surface area contributed by atoms with Crippen molar-refractivity contribution in [2.45, 2.75) is 19.9 Å². The molecule has 188 valence electrons. The highest BCUT2D eigenvalue weighted by Gasteiger charge is 2.11. The number of benzene rings is 3. The summed E-state index contributed by atoms with van der Waals surface area (Å²) in [5.74, 6) is -1.39. The highest BCUT2D eigenvalue weighted by Crippen LogP contribution is 2.29. The molecule has 0 radical (unpaired) electrons. The minimum absolute atomic E-state index is 0.0436. The summed E-state index contributed by atoms with van der Waals surface area (Å²) in [6.45, 7) is 2.65. The van der Waals surface area contributed by atoms with E-state index in [4.69, 9.17) is 28.3 Å². The van der Waals surface area contributed by atoms with Crippen molar-refractivity contribution in [2.24, 2.45) is 0 Å². The zero-order valence-electron chi connectivity index (χ0n) is 20.1. The van der Waals surface area contributed by atoms with Crippen LogP contribution in [-0.2, 0) is 11.3 Å². The molecule has 37 heavy (non-hydrogen) atoms. The molecular weight excluding hydrogens is 509 g/mol. The number of carboxylic acid groups (broad SMARTS) is 1. The maximum Gasteiger partial charge on any atom is 0.305 e. The molecule has 0 saturated heterocycles. The van der Waals surface area contributed by atoms with Crippen LogP contribution in [0.1, 0.15) is 28.0 Å². The number of aryl methyl sites for hydroxylation is 1. The van der Waals surface area contributed by atoms with Gasteiger partial charge in [-0.15, -0.1) is 0 Å². The van der Waals surface area contributed by atoms with Crippen molar-refractivity contribution in [3.8, 4) is 22.3 Å². The van der Waals surface area contributed by atoms with E-state index in [1.54, 1.807) is 18.3 Å². The van der Waals surface area contributed by atoms with Crippen molar-refractivity contribution in [1.82, 2.24) is 10.3 Å². The number of rotatable bonds is 9. The molecule has 3 aromatic carbocycles. The summed E-state index contributed by atoms with van der Waals surface area (Å²) in [5.41, 5.74) is 7.30. The fraction of sp³-hybridized carbons (Fsp3) is 0.138. The standard InChI is InChI=1S/C29H25Cl2N3O3/c1-18-14-22(30)7-10-25(18)19-3-8-24(9-4-19)33-16-20-2-6-23(31)15-26(20)21-5-11-27(34-17-21)29(37)32-13-12-28(35)36/h2-11,14-15,17,33H,12-13,16H2,1H3,(H,32,37)(H,35,36). The molecule has 0 unspecified atom stereocenters. The van der Waals surface area contributed by atoms with Gasteiger partial charge in [0.05, 0.1) is 6.42 Å². The lowest BCUT2D eigenvalue weighted by Gasteiger charge is -2.13. The first-order chi connectivity index (χ1) is 17.8. The quantitative estimate of drug-likeness (QED) is 0.219. The molecule has 1 amide bonds. The molecule has 1 aromatic heterocycles. The number of nitrogens with zero attached hydrogens (tertiary/aromatic N) is 1. The number of hydrogen-bond acceptors (Lipinski definition) is 4. The highest BCUT2D eigenvalue weighted by molar-refractivity contribution is 6.31. The van der Waals surface area contributed by atoms with E-state index in [1.807, 2.05) is 55.5 Å². The van der Waals surface area contributed by atoms with E-state index < -0.39 is 11.9 Å². The van der Waals surface area contributed by atoms with Gasteiger partial charge < -0.3 is 15.7 Å². The molecule has 0 bridgehead atoms. The average Bonchev–Trinajstić information content (AvgIpc) is 2.88. The largest absolute Gasteiger partial charge is 0.481 e. The summed E-state index contributed by atoms with van der Waals surface area (Å²) >= 11 is 12.4. The SMILES string of the molecule is Cc1cc(Cl)ccc1-c1ccc(NCc2ccc(Cl)cc2-c2ccc(C(=O)NCCC(=O)O)nc2)cc1. The number of nitrogens with one attached hydrogen (secondary N) is 2. The fourth-order valence-corrected chi connectivity index (χ4v) is 4.35. The van der Waals surface area contributed by atoms with Crippen LogP contribution in [-0.4, -0.2) is 28.5 Å². The Labute approximate surface area is 225 Å². The average molecular weight is 534 g/mol. The first kappa shape index (κ1) is 26.2. The van der Waals surface area contributed by atoms with Gasteiger partial charge in [0, 0.05) is 40.6 Å². The van der Waals surface area contributed by atoms with Gasteiger partial charge in [-0.05, 0) is 77.2 Å². The normalized spacial score (nSPS) is 10.7. The Morgan fingerprint density at radius 2 is 1.57 bits per heavy atom. The summed E-state index contributed by atoms with van der Waals surface area (Å²) < 4.78 is 0. The number of carbonyl (C=O) groups is 2. The molecule has 3 N–H and O–H groups in total. The lowest BCUT2D eigenvalue weighted by molar-refractivity contribution is -0.136. The fourth-order valence-electron chi connectivity index (χ4n) is 3.95. The van der Waals surface area contributed by atoms with Gasteiger partial charge in [-0.25, -0.2) is 0 Å². The Hall–Kier alpha value is -3.87. The number of amides is 1. The molecule has 6 nitrogen and oxygen atoms in total. The third kappa shape index (κ3) is 6.88. The van der Waals surface area contributed by atoms with Crippen molar-refractivity contribution in [1.29, 1.82) is 0 Å². The summed E-state index contributed by atoms with van der Waals surface area (Å²) in [6, 6.07) is 23.2. The molecule has 0 saturated carbocycles. The van der Waals surface area contributed by atoms with Crippen LogP contribution in [0.2, 0.25) is 10.0 Å². The first-order valence-electron chi connectivity index (χ1n) is 11.7. The second kappa shape index (κ2) is 11.9. The van der Waals surface area contributed by atoms with Crippen LogP contribution >= 0.6 is 23.2 Å². The monoisotopic (exact) mass is 533 g/mol. The van der Waals surface area contributed by atoms with E-state index in [9.17, 15) is 9.59 Å². The molecule has 4 aromatic rings. The number of pyridine rings is 1. The predicted molar refractivity (Wildman–Crippen MR) is 148 cm³/mol. The highest BCUT2D eigenvalue weighted by atomic mass is 35.5. The predicted octanol–water partition coefficient (Wildman–Crippen LogP) is 6.85. The van der Waals surface area contributed by atoms with Gasteiger partial charge in [-0.2, -0.15) is 0 Å². The number of anilines is 1. The number of halogens is 2. The molecule has 8 heteroatoms. The van der Waals surface area contributed by atoms with E-state index in [0.717, 1.165) is 44.1 Å². The number of aromatic nitrogens is 1. The Morgan fingerprint density at radius 3 is 2.24 bits per heavy atom. The second-order valence-corrected chi connectivity index (χ2v) is 9.40. The number of hydrogen-bond donors (Lipinski definition) is 3. The van der Waals surface area contributed by atoms with Gasteiger partial charge in [0.15, 0.2) is 0 Å². The van der Waals surface area contributed by atoms with E-state index in [-0.39, 0.29) is 18.7 Å². The topological polar surface area (TPSA) is 91.3 Å². The maximum absolute atomic E-state index is 12.2. The molecule has 0 fully saturated rings. The molecule has 0 spiro atoms. The van der Waals surface area contributed by atoms with Gasteiger partial charge in [0.25, 0.3) is 5.91 Å². The number of aliphatic carboxylic acids is 1. The van der Waals surface area contributed by atoms with Gasteiger partial charge in [-0.3, -0.25) is 14.6 Å². The zero-order valence-corrected chi connectivity index (χ0v) is 21.6. The van der Waals surface area contributed by atoms with Gasteiger partial charge in [0.2, 0.25) is 0 Å². The Balaban J connectivity index is 1.46. The van der Waals surface area contributed by atoms with E-state index in [0.29, 0.717) is 11.6 Å². The van der Waals surface area contributed by atoms with E-state index >= 15 is 0 Å². The van der Waals surface area contributed by atoms with Crippen LogP contribution in [0.15, 0.2) is 79.0 Å². The van der Waals surface area contributed by atoms with Gasteiger partial charge >= 0.3 is 5.97 Å². The number of carboxylic acids is 1. The Kier molecular flexibility index (Phi) is 8.43. The molecule has 0 atom stereocenters. The van der Waals surface area contributed by atoms with Crippen molar-refractivity contribution < 1.29 is 14.7 Å². The molecule has 0 aliphatic heterocycles. The van der Waals surface area contributed by atoms with Crippen molar-refractivity contribution >= 4 is 40.8 Å². The Morgan fingerprint density at radius 1 is 0.865 bits per heavy atom. The zero-order chi connectivity index (χ0) is 26.4. The van der Waals surface area contributed by atoms with Crippen molar-refractivity contribution in [3.63, 3.8) is 0 Å². The van der Waals surface area contributed by atoms with Crippen molar-refractivity contribution in [2.75, 3.05) is 11.9 Å². The summed E-state index contributed by atoms with van der Waals surface area (Å²) in [4.78, 5) is 27.1. The first-order valence-corrected chi connectivity index (χ1v) is 12.4. The minimum atomic E-state index is -0.974. The summed E-state index contributed by atoms with van der Waals surface area (Å²) in [5, 5.41) is 16.0. The third-order valence-corrected chi connectivity index (χ3v) is 6.34. The van der Waals surface area contributed by atoms with Crippen LogP contribution < -0.4 is 10.6 Å². The van der Waals surface area contributed by atoms with Crippen LogP contribution in [0.4, 0.5) is 5.69 Å². The third-order valence-electron chi connectivity index (χ3n) is 5.87. The van der Waals surface area contributed by atoms with Gasteiger partial charge in [0.1, 0.15) is 5.69 Å². The lowest BCUT2D eigenvalue weighted by atomic mass is 10.00. The maximum atomic E-state index is 12.2. The molecule has 0 aliphatic rings. The van der Waals surface area contributed by atoms with Crippen LogP contribution in [0, 0.1) is 6.92 Å². The minimum Gasteiger partial charge on any atom is -0.481 e. The molecule has 0 aliphatic carbocycles. The lowest BCUT2D eigenvalue weighted by Crippen LogP contribution is -2.26. The number of carbonyl (C=O) groups excluding carboxylic acids is 1. The summed E-state index contributed by atoms with van der Waals surface area (Å²) in [6.07, 6.45) is 1.47.